The zero-order chi connectivity index (χ0) is 18.4. The maximum Gasteiger partial charge on any atom is 0.128 e. The van der Waals surface area contributed by atoms with Crippen LogP contribution in [-0.2, 0) is 5.41 Å². The highest BCUT2D eigenvalue weighted by atomic mass is 14.6. The average molecular weight is 348 g/mol. The largest absolute Gasteiger partial charge is 0.325 e. The van der Waals surface area contributed by atoms with E-state index >= 15 is 0 Å². The Labute approximate surface area is 160 Å². The molecule has 0 heterocycles. The van der Waals surface area contributed by atoms with Crippen LogP contribution in [0.25, 0.3) is 11.1 Å². The molecule has 0 radical (unpaired) electrons. The van der Waals surface area contributed by atoms with Gasteiger partial charge in [-0.05, 0) is 52.4 Å². The number of rotatable bonds is 2. The van der Waals surface area contributed by atoms with Gasteiger partial charge in [0.15, 0.2) is 0 Å². The lowest BCUT2D eigenvalue weighted by molar-refractivity contribution is -0.254. The molecule has 1 heteroatoms. The number of hydrogen-bond donors (Lipinski definition) is 1. The third-order valence-electron chi connectivity index (χ3n) is 5.77. The molecule has 0 aliphatic heterocycles. The van der Waals surface area contributed by atoms with E-state index < -0.39 is 0 Å². The summed E-state index contributed by atoms with van der Waals surface area (Å²) in [6.45, 7) is 2.18. The van der Waals surface area contributed by atoms with Crippen LogP contribution in [0.15, 0.2) is 97.1 Å². The molecule has 3 N–H and O–H groups in total. The summed E-state index contributed by atoms with van der Waals surface area (Å²) in [5, 5.41) is 0. The smallest absolute Gasteiger partial charge is 0.128 e. The van der Waals surface area contributed by atoms with Gasteiger partial charge in [0.25, 0.3) is 0 Å². The van der Waals surface area contributed by atoms with E-state index in [1.165, 1.54) is 38.9 Å². The maximum atomic E-state index is 4.23. The van der Waals surface area contributed by atoms with E-state index in [2.05, 4.69) is 110 Å². The first-order chi connectivity index (χ1) is 13.2. The molecule has 0 unspecified atom stereocenters. The molecule has 0 saturated heterocycles. The van der Waals surface area contributed by atoms with Gasteiger partial charge in [0.2, 0.25) is 0 Å². The molecule has 4 aromatic rings. The Morgan fingerprint density at radius 2 is 1.11 bits per heavy atom. The van der Waals surface area contributed by atoms with Crippen molar-refractivity contribution in [1.82, 2.24) is 0 Å². The fourth-order valence-corrected chi connectivity index (χ4v) is 4.65. The zero-order valence-corrected chi connectivity index (χ0v) is 15.4. The summed E-state index contributed by atoms with van der Waals surface area (Å²) in [4.78, 5) is 0. The molecule has 0 bridgehead atoms. The number of quaternary nitrogens is 1. The highest BCUT2D eigenvalue weighted by Crippen LogP contribution is 2.56. The van der Waals surface area contributed by atoms with Crippen LogP contribution in [0.2, 0.25) is 0 Å². The van der Waals surface area contributed by atoms with Gasteiger partial charge in [-0.3, -0.25) is 0 Å². The summed E-state index contributed by atoms with van der Waals surface area (Å²) >= 11 is 0. The van der Waals surface area contributed by atoms with Crippen molar-refractivity contribution in [3.63, 3.8) is 0 Å². The Kier molecular flexibility index (Phi) is 3.53. The lowest BCUT2D eigenvalue weighted by Crippen LogP contribution is -2.40. The molecule has 0 spiro atoms. The van der Waals surface area contributed by atoms with Crippen molar-refractivity contribution in [3.8, 4) is 11.1 Å². The van der Waals surface area contributed by atoms with Crippen molar-refractivity contribution in [2.24, 2.45) is 0 Å². The molecule has 5 rings (SSSR count). The highest BCUT2D eigenvalue weighted by Gasteiger charge is 2.46. The third kappa shape index (κ3) is 2.22. The molecule has 27 heavy (non-hydrogen) atoms. The first kappa shape index (κ1) is 16.0. The Morgan fingerprint density at radius 1 is 0.593 bits per heavy atom. The lowest BCUT2D eigenvalue weighted by Gasteiger charge is -2.33. The first-order valence-corrected chi connectivity index (χ1v) is 9.40. The SMILES string of the molecule is Cc1ccc2c(c1)C(c1ccccc1)(c1ccccc1)c1cc([NH3+])ccc1-2. The summed E-state index contributed by atoms with van der Waals surface area (Å²) in [5.74, 6) is 0. The Balaban J connectivity index is 2.00. The third-order valence-corrected chi connectivity index (χ3v) is 5.77. The van der Waals surface area contributed by atoms with Crippen LogP contribution in [0.3, 0.4) is 0 Å². The van der Waals surface area contributed by atoms with Crippen LogP contribution >= 0.6 is 0 Å². The Morgan fingerprint density at radius 3 is 1.70 bits per heavy atom. The van der Waals surface area contributed by atoms with Crippen LogP contribution in [0.1, 0.15) is 27.8 Å². The normalized spacial score (nSPS) is 13.9. The quantitative estimate of drug-likeness (QED) is 0.452. The molecule has 0 amide bonds. The van der Waals surface area contributed by atoms with E-state index in [-0.39, 0.29) is 5.41 Å². The van der Waals surface area contributed by atoms with Gasteiger partial charge in [0.05, 0.1) is 5.41 Å². The van der Waals surface area contributed by atoms with Gasteiger partial charge in [-0.25, -0.2) is 0 Å². The van der Waals surface area contributed by atoms with Crippen LogP contribution in [0.4, 0.5) is 5.69 Å². The van der Waals surface area contributed by atoms with Crippen LogP contribution in [-0.4, -0.2) is 0 Å². The van der Waals surface area contributed by atoms with Gasteiger partial charge >= 0.3 is 0 Å². The molecule has 0 fully saturated rings. The molecule has 4 aromatic carbocycles. The average Bonchev–Trinajstić information content (AvgIpc) is 2.99. The summed E-state index contributed by atoms with van der Waals surface area (Å²) in [6.07, 6.45) is 0. The first-order valence-electron chi connectivity index (χ1n) is 9.40. The van der Waals surface area contributed by atoms with Gasteiger partial charge in [-0.1, -0.05) is 84.4 Å². The van der Waals surface area contributed by atoms with Crippen LogP contribution in [0.5, 0.6) is 0 Å². The van der Waals surface area contributed by atoms with E-state index in [0.29, 0.717) is 0 Å². The predicted octanol–water partition coefficient (Wildman–Crippen LogP) is 5.23. The van der Waals surface area contributed by atoms with Crippen molar-refractivity contribution < 1.29 is 5.73 Å². The van der Waals surface area contributed by atoms with Crippen molar-refractivity contribution >= 4 is 5.69 Å². The highest BCUT2D eigenvalue weighted by molar-refractivity contribution is 5.87. The Hall–Kier alpha value is -3.16. The Bertz CT molecular complexity index is 1030. The molecule has 1 aliphatic rings. The number of hydrogen-bond acceptors (Lipinski definition) is 0. The molecule has 0 atom stereocenters. The van der Waals surface area contributed by atoms with Gasteiger partial charge in [-0.2, -0.15) is 0 Å². The molecule has 0 aromatic heterocycles. The second-order valence-corrected chi connectivity index (χ2v) is 7.41. The molecular weight excluding hydrogens is 326 g/mol. The van der Waals surface area contributed by atoms with Crippen LogP contribution in [0, 0.1) is 6.92 Å². The molecule has 1 aliphatic carbocycles. The van der Waals surface area contributed by atoms with Gasteiger partial charge in [0, 0.05) is 6.07 Å². The van der Waals surface area contributed by atoms with Crippen molar-refractivity contribution in [3.05, 3.63) is 125 Å². The number of benzene rings is 4. The van der Waals surface area contributed by atoms with Crippen molar-refractivity contribution in [1.29, 1.82) is 0 Å². The number of fused-ring (bicyclic) bond motifs is 3. The summed E-state index contributed by atoms with van der Waals surface area (Å²) in [5.41, 5.74) is 14.2. The molecule has 130 valence electrons. The van der Waals surface area contributed by atoms with E-state index in [9.17, 15) is 0 Å². The van der Waals surface area contributed by atoms with Crippen molar-refractivity contribution in [2.45, 2.75) is 12.3 Å². The van der Waals surface area contributed by atoms with Crippen LogP contribution < -0.4 is 5.73 Å². The van der Waals surface area contributed by atoms with E-state index in [1.54, 1.807) is 0 Å². The number of aryl methyl sites for hydroxylation is 1. The minimum Gasteiger partial charge on any atom is -0.325 e. The van der Waals surface area contributed by atoms with E-state index in [0.717, 1.165) is 5.69 Å². The van der Waals surface area contributed by atoms with E-state index in [1.807, 2.05) is 0 Å². The summed E-state index contributed by atoms with van der Waals surface area (Å²) < 4.78 is 0. The van der Waals surface area contributed by atoms with Gasteiger partial charge < -0.3 is 5.73 Å². The van der Waals surface area contributed by atoms with E-state index in [4.69, 9.17) is 0 Å². The monoisotopic (exact) mass is 348 g/mol. The lowest BCUT2D eigenvalue weighted by atomic mass is 9.67. The van der Waals surface area contributed by atoms with Crippen molar-refractivity contribution in [2.75, 3.05) is 0 Å². The standard InChI is InChI=1S/C26H21N/c1-18-12-14-22-23-15-13-21(27)17-25(23)26(24(22)16-18,19-8-4-2-5-9-19)20-10-6-3-7-11-20/h2-17H,27H2,1H3/p+1. The second kappa shape index (κ2) is 5.94. The minimum absolute atomic E-state index is 0.313. The predicted molar refractivity (Wildman–Crippen MR) is 111 cm³/mol. The minimum atomic E-state index is -0.313. The van der Waals surface area contributed by atoms with Gasteiger partial charge in [0.1, 0.15) is 5.69 Å². The zero-order valence-electron chi connectivity index (χ0n) is 15.4. The molecular formula is C26H22N+. The molecule has 1 nitrogen and oxygen atoms in total. The summed E-state index contributed by atoms with van der Waals surface area (Å²) in [6, 6.07) is 35.2. The summed E-state index contributed by atoms with van der Waals surface area (Å²) in [7, 11) is 0. The second-order valence-electron chi connectivity index (χ2n) is 7.41. The fraction of sp³-hybridized carbons (Fsp3) is 0.0769. The fourth-order valence-electron chi connectivity index (χ4n) is 4.65. The molecule has 0 saturated carbocycles. The topological polar surface area (TPSA) is 27.6 Å². The maximum absolute atomic E-state index is 4.23. The van der Waals surface area contributed by atoms with Gasteiger partial charge in [-0.15, -0.1) is 0 Å².